The molecule has 0 aromatic carbocycles. The lowest BCUT2D eigenvalue weighted by Crippen LogP contribution is -2.36. The van der Waals surface area contributed by atoms with E-state index in [2.05, 4.69) is 5.32 Å². The van der Waals surface area contributed by atoms with E-state index in [0.717, 1.165) is 0 Å². The molecule has 3 N–H and O–H groups in total. The third kappa shape index (κ3) is 6.38. The number of aliphatic hydroxyl groups excluding tert-OH is 1. The molecule has 0 spiro atoms. The predicted molar refractivity (Wildman–Crippen MR) is 47.8 cm³/mol. The van der Waals surface area contributed by atoms with E-state index in [0.29, 0.717) is 13.0 Å². The molecule has 0 aliphatic heterocycles. The van der Waals surface area contributed by atoms with E-state index in [1.807, 2.05) is 0 Å². The Labute approximate surface area is 81.9 Å². The molecule has 0 saturated heterocycles. The zero-order valence-corrected chi connectivity index (χ0v) is 8.02. The predicted octanol–water partition coefficient (Wildman–Crippen LogP) is -1.03. The molecule has 0 fully saturated rings. The van der Waals surface area contributed by atoms with Crippen LogP contribution in [0.15, 0.2) is 0 Å². The molecular weight excluding hydrogens is 190 g/mol. The molecule has 0 aliphatic rings. The van der Waals surface area contributed by atoms with Gasteiger partial charge >= 0.3 is 5.97 Å². The van der Waals surface area contributed by atoms with Crippen molar-refractivity contribution in [3.05, 3.63) is 0 Å². The van der Waals surface area contributed by atoms with Gasteiger partial charge in [0.15, 0.2) is 6.10 Å². The lowest BCUT2D eigenvalue weighted by molar-refractivity contribution is -0.146. The topological polar surface area (TPSA) is 95.9 Å². The molecule has 1 atom stereocenters. The number of carboxylic acid groups (broad SMARTS) is 1. The van der Waals surface area contributed by atoms with E-state index in [-0.39, 0.29) is 18.9 Å². The second-order valence-corrected chi connectivity index (χ2v) is 2.75. The van der Waals surface area contributed by atoms with E-state index < -0.39 is 12.1 Å². The maximum absolute atomic E-state index is 11.0. The summed E-state index contributed by atoms with van der Waals surface area (Å²) >= 11 is 0. The van der Waals surface area contributed by atoms with Gasteiger partial charge in [0.2, 0.25) is 5.91 Å². The molecule has 6 nitrogen and oxygen atoms in total. The molecule has 1 unspecified atom stereocenters. The molecule has 6 heteroatoms. The van der Waals surface area contributed by atoms with Gasteiger partial charge in [0, 0.05) is 20.1 Å². The Morgan fingerprint density at radius 2 is 2.14 bits per heavy atom. The Hall–Kier alpha value is -1.14. The monoisotopic (exact) mass is 205 g/mol. The average molecular weight is 205 g/mol. The van der Waals surface area contributed by atoms with Gasteiger partial charge in [0.1, 0.15) is 0 Å². The van der Waals surface area contributed by atoms with Gasteiger partial charge in [-0.05, 0) is 6.42 Å². The van der Waals surface area contributed by atoms with Crippen LogP contribution in [0.1, 0.15) is 12.8 Å². The first kappa shape index (κ1) is 12.9. The summed E-state index contributed by atoms with van der Waals surface area (Å²) in [5.74, 6) is -1.63. The second-order valence-electron chi connectivity index (χ2n) is 2.75. The molecule has 0 aliphatic carbocycles. The molecule has 0 aromatic rings. The summed E-state index contributed by atoms with van der Waals surface area (Å²) in [5.41, 5.74) is 0. The molecule has 82 valence electrons. The standard InChI is InChI=1S/C8H15NO5/c1-14-4-2-3-7(11)9-5-6(10)8(12)13/h6,10H,2-5H2,1H3,(H,9,11)(H,12,13). The minimum absolute atomic E-state index is 0.263. The van der Waals surface area contributed by atoms with E-state index in [9.17, 15) is 9.59 Å². The van der Waals surface area contributed by atoms with E-state index in [4.69, 9.17) is 14.9 Å². The van der Waals surface area contributed by atoms with Crippen LogP contribution in [-0.4, -0.2) is 48.5 Å². The fraction of sp³-hybridized carbons (Fsp3) is 0.750. The first-order valence-electron chi connectivity index (χ1n) is 4.24. The van der Waals surface area contributed by atoms with Crippen molar-refractivity contribution in [2.75, 3.05) is 20.3 Å². The zero-order chi connectivity index (χ0) is 11.0. The lowest BCUT2D eigenvalue weighted by atomic mass is 10.3. The van der Waals surface area contributed by atoms with E-state index >= 15 is 0 Å². The lowest BCUT2D eigenvalue weighted by Gasteiger charge is -2.07. The largest absolute Gasteiger partial charge is 0.479 e. The molecule has 0 saturated carbocycles. The van der Waals surface area contributed by atoms with E-state index in [1.165, 1.54) is 7.11 Å². The normalized spacial score (nSPS) is 12.1. The van der Waals surface area contributed by atoms with Crippen molar-refractivity contribution >= 4 is 11.9 Å². The van der Waals surface area contributed by atoms with Gasteiger partial charge in [-0.2, -0.15) is 0 Å². The van der Waals surface area contributed by atoms with Crippen molar-refractivity contribution in [2.45, 2.75) is 18.9 Å². The highest BCUT2D eigenvalue weighted by atomic mass is 16.5. The molecule has 0 aromatic heterocycles. The van der Waals surface area contributed by atoms with Gasteiger partial charge in [-0.25, -0.2) is 4.79 Å². The molecular formula is C8H15NO5. The van der Waals surface area contributed by atoms with Crippen molar-refractivity contribution in [1.29, 1.82) is 0 Å². The third-order valence-corrected chi connectivity index (χ3v) is 1.53. The van der Waals surface area contributed by atoms with Crippen LogP contribution in [0, 0.1) is 0 Å². The van der Waals surface area contributed by atoms with Crippen molar-refractivity contribution in [3.63, 3.8) is 0 Å². The zero-order valence-electron chi connectivity index (χ0n) is 8.02. The average Bonchev–Trinajstić information content (AvgIpc) is 2.14. The van der Waals surface area contributed by atoms with Gasteiger partial charge in [0.05, 0.1) is 6.54 Å². The first-order valence-corrected chi connectivity index (χ1v) is 4.24. The molecule has 0 heterocycles. The summed E-state index contributed by atoms with van der Waals surface area (Å²) in [4.78, 5) is 21.1. The van der Waals surface area contributed by atoms with Gasteiger partial charge in [-0.15, -0.1) is 0 Å². The Balaban J connectivity index is 3.48. The van der Waals surface area contributed by atoms with Crippen molar-refractivity contribution in [1.82, 2.24) is 5.32 Å². The van der Waals surface area contributed by atoms with Crippen molar-refractivity contribution < 1.29 is 24.5 Å². The molecule has 0 radical (unpaired) electrons. The Kier molecular flexibility index (Phi) is 6.69. The number of rotatable bonds is 7. The number of carboxylic acids is 1. The maximum atomic E-state index is 11.0. The van der Waals surface area contributed by atoms with Crippen LogP contribution in [0.4, 0.5) is 0 Å². The Bertz CT molecular complexity index is 194. The summed E-state index contributed by atoms with van der Waals surface area (Å²) < 4.78 is 4.73. The number of carbonyl (C=O) groups is 2. The number of aliphatic hydroxyl groups is 1. The summed E-state index contributed by atoms with van der Waals surface area (Å²) in [7, 11) is 1.53. The van der Waals surface area contributed by atoms with Crippen LogP contribution in [0.2, 0.25) is 0 Å². The van der Waals surface area contributed by atoms with Crippen molar-refractivity contribution in [2.24, 2.45) is 0 Å². The quantitative estimate of drug-likeness (QED) is 0.462. The van der Waals surface area contributed by atoms with Gasteiger partial charge in [-0.3, -0.25) is 4.79 Å². The number of ether oxygens (including phenoxy) is 1. The number of hydrogen-bond donors (Lipinski definition) is 3. The number of nitrogens with one attached hydrogen (secondary N) is 1. The van der Waals surface area contributed by atoms with Crippen LogP contribution in [0.25, 0.3) is 0 Å². The van der Waals surface area contributed by atoms with Crippen LogP contribution in [0.5, 0.6) is 0 Å². The number of amides is 1. The van der Waals surface area contributed by atoms with Gasteiger partial charge in [-0.1, -0.05) is 0 Å². The number of aliphatic carboxylic acids is 1. The van der Waals surface area contributed by atoms with Crippen LogP contribution in [-0.2, 0) is 14.3 Å². The van der Waals surface area contributed by atoms with Crippen LogP contribution >= 0.6 is 0 Å². The highest BCUT2D eigenvalue weighted by Gasteiger charge is 2.13. The maximum Gasteiger partial charge on any atom is 0.334 e. The SMILES string of the molecule is COCCCC(=O)NCC(O)C(=O)O. The molecule has 14 heavy (non-hydrogen) atoms. The highest BCUT2D eigenvalue weighted by Crippen LogP contribution is 1.89. The minimum atomic E-state index is -1.54. The fourth-order valence-electron chi connectivity index (χ4n) is 0.763. The smallest absolute Gasteiger partial charge is 0.334 e. The summed E-state index contributed by atoms with van der Waals surface area (Å²) in [6.45, 7) is 0.218. The highest BCUT2D eigenvalue weighted by molar-refractivity contribution is 5.77. The number of carbonyl (C=O) groups excluding carboxylic acids is 1. The number of methoxy groups -OCH3 is 1. The molecule has 1 amide bonds. The van der Waals surface area contributed by atoms with Gasteiger partial charge < -0.3 is 20.3 Å². The summed E-state index contributed by atoms with van der Waals surface area (Å²) in [6.07, 6.45) is -0.701. The van der Waals surface area contributed by atoms with Crippen LogP contribution in [0.3, 0.4) is 0 Å². The Morgan fingerprint density at radius 1 is 1.50 bits per heavy atom. The number of hydrogen-bond acceptors (Lipinski definition) is 4. The Morgan fingerprint density at radius 3 is 2.64 bits per heavy atom. The first-order chi connectivity index (χ1) is 6.57. The summed E-state index contributed by atoms with van der Waals surface area (Å²) in [5, 5.41) is 19.4. The second kappa shape index (κ2) is 7.28. The fourth-order valence-corrected chi connectivity index (χ4v) is 0.763. The van der Waals surface area contributed by atoms with Gasteiger partial charge in [0.25, 0.3) is 0 Å². The minimum Gasteiger partial charge on any atom is -0.479 e. The molecule has 0 bridgehead atoms. The summed E-state index contributed by atoms with van der Waals surface area (Å²) in [6, 6.07) is 0. The van der Waals surface area contributed by atoms with E-state index in [1.54, 1.807) is 0 Å². The van der Waals surface area contributed by atoms with Crippen LogP contribution < -0.4 is 5.32 Å². The third-order valence-electron chi connectivity index (χ3n) is 1.53. The van der Waals surface area contributed by atoms with Crippen molar-refractivity contribution in [3.8, 4) is 0 Å². The molecule has 0 rings (SSSR count).